The van der Waals surface area contributed by atoms with E-state index in [1.54, 1.807) is 0 Å². The predicted octanol–water partition coefficient (Wildman–Crippen LogP) is 0.150. The van der Waals surface area contributed by atoms with Crippen LogP contribution in [0.2, 0.25) is 0 Å². The first kappa shape index (κ1) is 12.4. The van der Waals surface area contributed by atoms with Crippen molar-refractivity contribution < 1.29 is 14.3 Å². The number of ketones is 1. The molecule has 0 spiro atoms. The minimum Gasteiger partial charge on any atom is -0.468 e. The second-order valence-corrected chi connectivity index (χ2v) is 2.83. The smallest absolute Gasteiger partial charge is 0.316 e. The molecule has 1 aliphatic rings. The van der Waals surface area contributed by atoms with Gasteiger partial charge >= 0.3 is 5.97 Å². The molecule has 1 rings (SSSR count). The summed E-state index contributed by atoms with van der Waals surface area (Å²) in [6.45, 7) is 1.39. The molecular formula is C8H14ClNO3. The number of ether oxygens (including phenoxy) is 1. The van der Waals surface area contributed by atoms with E-state index in [1.807, 2.05) is 0 Å². The van der Waals surface area contributed by atoms with E-state index in [4.69, 9.17) is 0 Å². The van der Waals surface area contributed by atoms with Crippen molar-refractivity contribution in [2.24, 2.45) is 5.92 Å². The fraction of sp³-hybridized carbons (Fsp3) is 0.750. The van der Waals surface area contributed by atoms with Crippen molar-refractivity contribution in [3.63, 3.8) is 0 Å². The summed E-state index contributed by atoms with van der Waals surface area (Å²) in [6.07, 6.45) is 0.991. The van der Waals surface area contributed by atoms with Crippen molar-refractivity contribution in [2.45, 2.75) is 12.8 Å². The Bertz CT molecular complexity index is 196. The molecule has 0 saturated carbocycles. The van der Waals surface area contributed by atoms with E-state index < -0.39 is 11.9 Å². The number of hydrogen-bond acceptors (Lipinski definition) is 4. The van der Waals surface area contributed by atoms with Gasteiger partial charge in [0.2, 0.25) is 0 Å². The maximum Gasteiger partial charge on any atom is 0.316 e. The summed E-state index contributed by atoms with van der Waals surface area (Å²) < 4.78 is 4.53. The summed E-state index contributed by atoms with van der Waals surface area (Å²) in [5.74, 6) is -0.944. The van der Waals surface area contributed by atoms with Gasteiger partial charge in [-0.05, 0) is 13.0 Å². The number of Topliss-reactive ketones (excluding diaryl/α,β-unsaturated/α-hetero) is 1. The molecule has 0 bridgehead atoms. The minimum absolute atomic E-state index is 0. The first-order valence-corrected chi connectivity index (χ1v) is 4.07. The van der Waals surface area contributed by atoms with Crippen LogP contribution in [0.5, 0.6) is 0 Å². The second-order valence-electron chi connectivity index (χ2n) is 2.83. The van der Waals surface area contributed by atoms with Crippen molar-refractivity contribution in [1.29, 1.82) is 0 Å². The number of rotatable bonds is 1. The fourth-order valence-corrected chi connectivity index (χ4v) is 1.31. The van der Waals surface area contributed by atoms with Gasteiger partial charge < -0.3 is 10.1 Å². The maximum absolute atomic E-state index is 11.3. The van der Waals surface area contributed by atoms with Gasteiger partial charge in [0, 0.05) is 13.0 Å². The second kappa shape index (κ2) is 5.94. The van der Waals surface area contributed by atoms with Crippen LogP contribution in [0.1, 0.15) is 12.8 Å². The van der Waals surface area contributed by atoms with E-state index in [0.29, 0.717) is 25.9 Å². The first-order chi connectivity index (χ1) is 5.75. The molecule has 0 aromatic carbocycles. The van der Waals surface area contributed by atoms with Crippen LogP contribution in [0, 0.1) is 5.92 Å². The third-order valence-corrected chi connectivity index (χ3v) is 2.03. The summed E-state index contributed by atoms with van der Waals surface area (Å²) in [7, 11) is 1.31. The lowest BCUT2D eigenvalue weighted by Crippen LogP contribution is -2.24. The molecule has 0 aromatic rings. The zero-order valence-corrected chi connectivity index (χ0v) is 8.36. The third kappa shape index (κ3) is 3.32. The van der Waals surface area contributed by atoms with E-state index in [9.17, 15) is 9.59 Å². The van der Waals surface area contributed by atoms with Gasteiger partial charge in [0.05, 0.1) is 7.11 Å². The normalized spacial score (nSPS) is 22.8. The SMILES string of the molecule is COC(=O)C1CCNCCC1=O.Cl. The molecule has 5 heteroatoms. The average molecular weight is 208 g/mol. The van der Waals surface area contributed by atoms with Crippen LogP contribution in [-0.2, 0) is 14.3 Å². The van der Waals surface area contributed by atoms with Crippen LogP contribution >= 0.6 is 12.4 Å². The van der Waals surface area contributed by atoms with E-state index in [1.165, 1.54) is 7.11 Å². The molecule has 1 atom stereocenters. The molecule has 1 aliphatic heterocycles. The van der Waals surface area contributed by atoms with Crippen molar-refractivity contribution >= 4 is 24.2 Å². The van der Waals surface area contributed by atoms with Crippen LogP contribution in [0.15, 0.2) is 0 Å². The Balaban J connectivity index is 0.00000144. The molecule has 0 aromatic heterocycles. The van der Waals surface area contributed by atoms with Crippen molar-refractivity contribution in [3.8, 4) is 0 Å². The highest BCUT2D eigenvalue weighted by Crippen LogP contribution is 2.10. The topological polar surface area (TPSA) is 55.4 Å². The largest absolute Gasteiger partial charge is 0.468 e. The van der Waals surface area contributed by atoms with Crippen molar-refractivity contribution in [2.75, 3.05) is 20.2 Å². The summed E-state index contributed by atoms with van der Waals surface area (Å²) in [6, 6.07) is 0. The lowest BCUT2D eigenvalue weighted by molar-refractivity contribution is -0.149. The molecule has 0 amide bonds. The molecule has 76 valence electrons. The number of halogens is 1. The number of nitrogens with one attached hydrogen (secondary N) is 1. The van der Waals surface area contributed by atoms with Crippen LogP contribution in [0.3, 0.4) is 0 Å². The summed E-state index contributed by atoms with van der Waals surface area (Å²) in [4.78, 5) is 22.3. The third-order valence-electron chi connectivity index (χ3n) is 2.03. The molecule has 0 aliphatic carbocycles. The molecule has 0 radical (unpaired) electrons. The van der Waals surface area contributed by atoms with Gasteiger partial charge in [-0.3, -0.25) is 9.59 Å². The quantitative estimate of drug-likeness (QED) is 0.491. The minimum atomic E-state index is -0.537. The van der Waals surface area contributed by atoms with E-state index in [-0.39, 0.29) is 18.2 Å². The van der Waals surface area contributed by atoms with Crippen LogP contribution < -0.4 is 5.32 Å². The van der Waals surface area contributed by atoms with Gasteiger partial charge in [-0.2, -0.15) is 0 Å². The first-order valence-electron chi connectivity index (χ1n) is 4.07. The van der Waals surface area contributed by atoms with Crippen LogP contribution in [0.25, 0.3) is 0 Å². The van der Waals surface area contributed by atoms with Gasteiger partial charge in [0.25, 0.3) is 0 Å². The summed E-state index contributed by atoms with van der Waals surface area (Å²) in [5.41, 5.74) is 0. The highest BCUT2D eigenvalue weighted by Gasteiger charge is 2.27. The van der Waals surface area contributed by atoms with Gasteiger partial charge in [0.15, 0.2) is 0 Å². The lowest BCUT2D eigenvalue weighted by atomic mass is 10.00. The zero-order valence-electron chi connectivity index (χ0n) is 7.54. The Morgan fingerprint density at radius 3 is 2.85 bits per heavy atom. The van der Waals surface area contributed by atoms with Crippen LogP contribution in [-0.4, -0.2) is 32.0 Å². The molecule has 1 unspecified atom stereocenters. The number of hydrogen-bond donors (Lipinski definition) is 1. The fourth-order valence-electron chi connectivity index (χ4n) is 1.31. The Morgan fingerprint density at radius 2 is 2.23 bits per heavy atom. The van der Waals surface area contributed by atoms with E-state index in [2.05, 4.69) is 10.1 Å². The Hall–Kier alpha value is -0.610. The summed E-state index contributed by atoms with van der Waals surface area (Å²) in [5, 5.41) is 3.06. The van der Waals surface area contributed by atoms with Gasteiger partial charge in [-0.1, -0.05) is 0 Å². The zero-order chi connectivity index (χ0) is 8.97. The maximum atomic E-state index is 11.3. The predicted molar refractivity (Wildman–Crippen MR) is 49.9 cm³/mol. The summed E-state index contributed by atoms with van der Waals surface area (Å²) >= 11 is 0. The highest BCUT2D eigenvalue weighted by molar-refractivity contribution is 5.99. The monoisotopic (exact) mass is 207 g/mol. The van der Waals surface area contributed by atoms with Crippen molar-refractivity contribution in [3.05, 3.63) is 0 Å². The standard InChI is InChI=1S/C8H13NO3.ClH/c1-12-8(11)6-2-4-9-5-3-7(6)10;/h6,9H,2-5H2,1H3;1H. The van der Waals surface area contributed by atoms with Crippen molar-refractivity contribution in [1.82, 2.24) is 5.32 Å². The number of esters is 1. The van der Waals surface area contributed by atoms with E-state index in [0.717, 1.165) is 0 Å². The van der Waals surface area contributed by atoms with Gasteiger partial charge in [-0.15, -0.1) is 12.4 Å². The number of carbonyl (C=O) groups is 2. The molecule has 1 N–H and O–H groups in total. The van der Waals surface area contributed by atoms with Gasteiger partial charge in [0.1, 0.15) is 11.7 Å². The highest BCUT2D eigenvalue weighted by atomic mass is 35.5. The Kier molecular flexibility index (Phi) is 5.66. The average Bonchev–Trinajstić information content (AvgIpc) is 2.28. The van der Waals surface area contributed by atoms with Crippen LogP contribution in [0.4, 0.5) is 0 Å². The lowest BCUT2D eigenvalue weighted by Gasteiger charge is -2.08. The Morgan fingerprint density at radius 1 is 1.54 bits per heavy atom. The van der Waals surface area contributed by atoms with Gasteiger partial charge in [-0.25, -0.2) is 0 Å². The number of carbonyl (C=O) groups excluding carboxylic acids is 2. The van der Waals surface area contributed by atoms with E-state index >= 15 is 0 Å². The molecule has 13 heavy (non-hydrogen) atoms. The Labute approximate surface area is 83.4 Å². The molecule has 4 nitrogen and oxygen atoms in total. The molecule has 1 heterocycles. The molecule has 1 saturated heterocycles. The molecular weight excluding hydrogens is 194 g/mol. The molecule has 1 fully saturated rings. The number of methoxy groups -OCH3 is 1.